The Balaban J connectivity index is 1.49. The number of anilines is 2. The Kier molecular flexibility index (Phi) is 7.66. The quantitative estimate of drug-likeness (QED) is 0.650. The van der Waals surface area contributed by atoms with Crippen LogP contribution in [0.1, 0.15) is 25.7 Å². The normalized spacial score (nSPS) is 20.8. The molecule has 0 aromatic carbocycles. The van der Waals surface area contributed by atoms with Crippen molar-refractivity contribution in [2.45, 2.75) is 50.6 Å². The Bertz CT molecular complexity index is 538. The van der Waals surface area contributed by atoms with Gasteiger partial charge in [0.05, 0.1) is 13.1 Å². The molecule has 0 saturated carbocycles. The summed E-state index contributed by atoms with van der Waals surface area (Å²) >= 11 is 0. The van der Waals surface area contributed by atoms with Crippen molar-refractivity contribution >= 4 is 11.6 Å². The molecule has 0 spiro atoms. The van der Waals surface area contributed by atoms with Crippen molar-refractivity contribution < 1.29 is 17.6 Å². The lowest BCUT2D eigenvalue weighted by atomic mass is 10.0. The molecule has 10 heteroatoms. The highest BCUT2D eigenvalue weighted by Gasteiger charge is 2.24. The van der Waals surface area contributed by atoms with E-state index in [-0.39, 0.29) is 25.2 Å². The number of rotatable bonds is 8. The molecule has 0 radical (unpaired) electrons. The molecule has 0 aliphatic carbocycles. The SMILES string of the molecule is FC(F)CN1CCC(Nc2nccnc2NC2CCN(CC(F)F)CC2)CC1. The smallest absolute Gasteiger partial charge is 0.251 e. The van der Waals surface area contributed by atoms with Crippen molar-refractivity contribution in [2.24, 2.45) is 0 Å². The molecule has 2 aliphatic heterocycles. The van der Waals surface area contributed by atoms with Gasteiger partial charge in [0, 0.05) is 50.7 Å². The number of piperidine rings is 2. The van der Waals surface area contributed by atoms with E-state index in [1.54, 1.807) is 22.2 Å². The van der Waals surface area contributed by atoms with E-state index >= 15 is 0 Å². The number of alkyl halides is 4. The van der Waals surface area contributed by atoms with Gasteiger partial charge in [0.1, 0.15) is 0 Å². The maximum Gasteiger partial charge on any atom is 0.251 e. The monoisotopic (exact) mass is 404 g/mol. The minimum atomic E-state index is -2.30. The molecule has 0 bridgehead atoms. The van der Waals surface area contributed by atoms with Gasteiger partial charge >= 0.3 is 0 Å². The van der Waals surface area contributed by atoms with E-state index in [9.17, 15) is 17.6 Å². The molecule has 1 aromatic rings. The number of aromatic nitrogens is 2. The van der Waals surface area contributed by atoms with Crippen LogP contribution < -0.4 is 10.6 Å². The lowest BCUT2D eigenvalue weighted by Gasteiger charge is -2.34. The van der Waals surface area contributed by atoms with Crippen molar-refractivity contribution in [3.8, 4) is 0 Å². The first-order valence-electron chi connectivity index (χ1n) is 9.84. The Morgan fingerprint density at radius 2 is 1.11 bits per heavy atom. The number of nitrogens with zero attached hydrogens (tertiary/aromatic N) is 4. The molecule has 3 heterocycles. The highest BCUT2D eigenvalue weighted by Crippen LogP contribution is 2.23. The van der Waals surface area contributed by atoms with Crippen LogP contribution in [-0.4, -0.2) is 84.0 Å². The lowest BCUT2D eigenvalue weighted by molar-refractivity contribution is 0.0765. The maximum atomic E-state index is 12.5. The topological polar surface area (TPSA) is 56.3 Å². The van der Waals surface area contributed by atoms with E-state index in [0.29, 0.717) is 37.8 Å². The summed E-state index contributed by atoms with van der Waals surface area (Å²) in [6, 6.07) is 0.332. The van der Waals surface area contributed by atoms with Gasteiger partial charge in [-0.15, -0.1) is 0 Å². The molecule has 2 fully saturated rings. The highest BCUT2D eigenvalue weighted by atomic mass is 19.3. The fraction of sp³-hybridized carbons (Fsp3) is 0.778. The van der Waals surface area contributed by atoms with Crippen molar-refractivity contribution in [2.75, 3.05) is 49.9 Å². The van der Waals surface area contributed by atoms with E-state index in [1.807, 2.05) is 0 Å². The fourth-order valence-electron chi connectivity index (χ4n) is 3.85. The minimum absolute atomic E-state index is 0.166. The molecule has 0 amide bonds. The molecule has 0 unspecified atom stereocenters. The molecule has 28 heavy (non-hydrogen) atoms. The van der Waals surface area contributed by atoms with Crippen LogP contribution in [-0.2, 0) is 0 Å². The standard InChI is InChI=1S/C18H28F4N6/c19-15(20)11-27-7-1-13(2-8-27)25-17-18(24-6-5-23-17)26-14-3-9-28(10-4-14)12-16(21)22/h5-6,13-16H,1-4,7-12H2,(H,23,25)(H,24,26). The Morgan fingerprint density at radius 3 is 1.43 bits per heavy atom. The van der Waals surface area contributed by atoms with Gasteiger partial charge in [0.2, 0.25) is 0 Å². The van der Waals surface area contributed by atoms with Crippen molar-refractivity contribution in [1.29, 1.82) is 0 Å². The molecule has 2 saturated heterocycles. The Hall–Kier alpha value is -1.68. The molecule has 0 atom stereocenters. The molecular weight excluding hydrogens is 376 g/mol. The molecule has 1 aromatic heterocycles. The summed E-state index contributed by atoms with van der Waals surface area (Å²) in [5, 5.41) is 6.78. The zero-order chi connectivity index (χ0) is 19.9. The molecule has 158 valence electrons. The third-order valence-corrected chi connectivity index (χ3v) is 5.35. The van der Waals surface area contributed by atoms with Crippen LogP contribution in [0.4, 0.5) is 29.2 Å². The molecule has 6 nitrogen and oxygen atoms in total. The maximum absolute atomic E-state index is 12.5. The predicted molar refractivity (Wildman–Crippen MR) is 100 cm³/mol. The Morgan fingerprint density at radius 1 is 0.750 bits per heavy atom. The van der Waals surface area contributed by atoms with Gasteiger partial charge in [-0.2, -0.15) is 0 Å². The fourth-order valence-corrected chi connectivity index (χ4v) is 3.85. The van der Waals surface area contributed by atoms with Gasteiger partial charge in [0.25, 0.3) is 12.9 Å². The van der Waals surface area contributed by atoms with E-state index in [4.69, 9.17) is 0 Å². The van der Waals surface area contributed by atoms with E-state index < -0.39 is 12.9 Å². The average molecular weight is 404 g/mol. The number of nitrogens with one attached hydrogen (secondary N) is 2. The second-order valence-electron chi connectivity index (χ2n) is 7.47. The van der Waals surface area contributed by atoms with Crippen LogP contribution in [0.3, 0.4) is 0 Å². The third kappa shape index (κ3) is 6.44. The number of likely N-dealkylation sites (tertiary alicyclic amines) is 2. The summed E-state index contributed by atoms with van der Waals surface area (Å²) in [6.45, 7) is 2.19. The summed E-state index contributed by atoms with van der Waals surface area (Å²) in [7, 11) is 0. The van der Waals surface area contributed by atoms with Gasteiger partial charge in [-0.05, 0) is 25.7 Å². The summed E-state index contributed by atoms with van der Waals surface area (Å²) < 4.78 is 50.0. The third-order valence-electron chi connectivity index (χ3n) is 5.35. The first kappa shape index (κ1) is 21.0. The largest absolute Gasteiger partial charge is 0.364 e. The zero-order valence-corrected chi connectivity index (χ0v) is 15.8. The van der Waals surface area contributed by atoms with Gasteiger partial charge in [0.15, 0.2) is 11.6 Å². The van der Waals surface area contributed by atoms with E-state index in [1.165, 1.54) is 0 Å². The van der Waals surface area contributed by atoms with Crippen LogP contribution in [0.15, 0.2) is 12.4 Å². The lowest BCUT2D eigenvalue weighted by Crippen LogP contribution is -2.42. The highest BCUT2D eigenvalue weighted by molar-refractivity contribution is 5.59. The second kappa shape index (κ2) is 10.2. The van der Waals surface area contributed by atoms with Crippen LogP contribution in [0, 0.1) is 0 Å². The summed E-state index contributed by atoms with van der Waals surface area (Å²) in [5.41, 5.74) is 0. The predicted octanol–water partition coefficient (Wildman–Crippen LogP) is 2.76. The van der Waals surface area contributed by atoms with Gasteiger partial charge in [-0.3, -0.25) is 9.80 Å². The van der Waals surface area contributed by atoms with Crippen LogP contribution in [0.5, 0.6) is 0 Å². The van der Waals surface area contributed by atoms with Crippen LogP contribution in [0.25, 0.3) is 0 Å². The van der Waals surface area contributed by atoms with Gasteiger partial charge in [-0.25, -0.2) is 27.5 Å². The van der Waals surface area contributed by atoms with E-state index in [0.717, 1.165) is 25.7 Å². The number of halogens is 4. The second-order valence-corrected chi connectivity index (χ2v) is 7.47. The van der Waals surface area contributed by atoms with Crippen LogP contribution in [0.2, 0.25) is 0 Å². The number of hydrogen-bond donors (Lipinski definition) is 2. The van der Waals surface area contributed by atoms with E-state index in [2.05, 4.69) is 20.6 Å². The summed E-state index contributed by atoms with van der Waals surface area (Å²) in [6.07, 6.45) is 1.72. The van der Waals surface area contributed by atoms with Gasteiger partial charge < -0.3 is 10.6 Å². The molecule has 2 N–H and O–H groups in total. The summed E-state index contributed by atoms with van der Waals surface area (Å²) in [5.74, 6) is 1.31. The molecule has 3 rings (SSSR count). The first-order chi connectivity index (χ1) is 13.5. The minimum Gasteiger partial charge on any atom is -0.364 e. The Labute approximate surface area is 162 Å². The molecule has 2 aliphatic rings. The first-order valence-corrected chi connectivity index (χ1v) is 9.84. The van der Waals surface area contributed by atoms with Crippen LogP contribution >= 0.6 is 0 Å². The van der Waals surface area contributed by atoms with Crippen molar-refractivity contribution in [3.05, 3.63) is 12.4 Å². The van der Waals surface area contributed by atoms with Gasteiger partial charge in [-0.1, -0.05) is 0 Å². The van der Waals surface area contributed by atoms with Crippen molar-refractivity contribution in [3.63, 3.8) is 0 Å². The summed E-state index contributed by atoms with van der Waals surface area (Å²) in [4.78, 5) is 12.3. The number of hydrogen-bond acceptors (Lipinski definition) is 6. The zero-order valence-electron chi connectivity index (χ0n) is 15.8. The molecular formula is C18H28F4N6. The average Bonchev–Trinajstić information content (AvgIpc) is 2.66. The van der Waals surface area contributed by atoms with Crippen molar-refractivity contribution in [1.82, 2.24) is 19.8 Å².